The molecule has 0 bridgehead atoms. The van der Waals surface area contributed by atoms with E-state index in [9.17, 15) is 14.7 Å². The predicted molar refractivity (Wildman–Crippen MR) is 85.1 cm³/mol. The molecule has 2 aromatic rings. The van der Waals surface area contributed by atoms with Gasteiger partial charge in [0.15, 0.2) is 0 Å². The van der Waals surface area contributed by atoms with Gasteiger partial charge in [-0.25, -0.2) is 0 Å². The standard InChI is InChI=1S/C16H12N2O3S/c17-11-14-1-3-15(4-2-14)12-22(21)10-9-13-5-7-16(8-6-13)18(19)20/h1-10H,12H2/b10-9+. The Labute approximate surface area is 130 Å². The van der Waals surface area contributed by atoms with Crippen LogP contribution in [0.3, 0.4) is 0 Å². The summed E-state index contributed by atoms with van der Waals surface area (Å²) >= 11 is -1.19. The van der Waals surface area contributed by atoms with Crippen molar-refractivity contribution < 1.29 is 9.48 Å². The molecule has 0 N–H and O–H groups in total. The Morgan fingerprint density at radius 1 is 1.14 bits per heavy atom. The number of benzene rings is 2. The van der Waals surface area contributed by atoms with Crippen molar-refractivity contribution in [3.8, 4) is 6.07 Å². The minimum absolute atomic E-state index is 0.0239. The molecule has 0 heterocycles. The van der Waals surface area contributed by atoms with Crippen LogP contribution < -0.4 is 0 Å². The SMILES string of the molecule is N#Cc1ccc(C[S+]([O-])/C=C/c2ccc([N+](=O)[O-])cc2)cc1. The van der Waals surface area contributed by atoms with Gasteiger partial charge < -0.3 is 4.55 Å². The van der Waals surface area contributed by atoms with Crippen LogP contribution in [-0.2, 0) is 16.9 Å². The van der Waals surface area contributed by atoms with Crippen molar-refractivity contribution in [2.24, 2.45) is 0 Å². The number of non-ortho nitro benzene ring substituents is 1. The molecule has 1 unspecified atom stereocenters. The van der Waals surface area contributed by atoms with E-state index in [-0.39, 0.29) is 5.69 Å². The molecule has 0 fully saturated rings. The van der Waals surface area contributed by atoms with Gasteiger partial charge in [-0.05, 0) is 47.1 Å². The summed E-state index contributed by atoms with van der Waals surface area (Å²) in [5.41, 5.74) is 2.22. The van der Waals surface area contributed by atoms with Gasteiger partial charge in [0.1, 0.15) is 11.2 Å². The van der Waals surface area contributed by atoms with E-state index in [1.54, 1.807) is 47.9 Å². The van der Waals surface area contributed by atoms with Crippen LogP contribution in [0.4, 0.5) is 5.69 Å². The van der Waals surface area contributed by atoms with Crippen LogP contribution in [0.2, 0.25) is 0 Å². The maximum atomic E-state index is 12.0. The van der Waals surface area contributed by atoms with Crippen molar-refractivity contribution in [1.82, 2.24) is 0 Å². The van der Waals surface area contributed by atoms with E-state index in [0.29, 0.717) is 11.3 Å². The van der Waals surface area contributed by atoms with Crippen molar-refractivity contribution >= 4 is 22.9 Å². The lowest BCUT2D eigenvalue weighted by molar-refractivity contribution is -0.384. The van der Waals surface area contributed by atoms with Gasteiger partial charge in [0.2, 0.25) is 0 Å². The summed E-state index contributed by atoms with van der Waals surface area (Å²) < 4.78 is 12.0. The van der Waals surface area contributed by atoms with Crippen LogP contribution in [0.1, 0.15) is 16.7 Å². The molecule has 0 amide bonds. The average molecular weight is 312 g/mol. The molecule has 0 radical (unpaired) electrons. The quantitative estimate of drug-likeness (QED) is 0.481. The highest BCUT2D eigenvalue weighted by Crippen LogP contribution is 2.15. The zero-order valence-electron chi connectivity index (χ0n) is 11.5. The summed E-state index contributed by atoms with van der Waals surface area (Å²) in [5, 5.41) is 20.8. The van der Waals surface area contributed by atoms with E-state index in [2.05, 4.69) is 0 Å². The predicted octanol–water partition coefficient (Wildman–Crippen LogP) is 3.39. The molecule has 2 aromatic carbocycles. The molecule has 1 atom stereocenters. The van der Waals surface area contributed by atoms with E-state index in [1.807, 2.05) is 6.07 Å². The van der Waals surface area contributed by atoms with Gasteiger partial charge >= 0.3 is 0 Å². The highest BCUT2D eigenvalue weighted by molar-refractivity contribution is 7.93. The first-order valence-electron chi connectivity index (χ1n) is 6.37. The smallest absolute Gasteiger partial charge is 0.269 e. The summed E-state index contributed by atoms with van der Waals surface area (Å²) in [4.78, 5) is 10.1. The number of nitro benzene ring substituents is 1. The molecule has 5 nitrogen and oxygen atoms in total. The minimum Gasteiger partial charge on any atom is -0.612 e. The van der Waals surface area contributed by atoms with Crippen molar-refractivity contribution in [2.75, 3.05) is 0 Å². The first-order valence-corrected chi connectivity index (χ1v) is 7.75. The molecule has 22 heavy (non-hydrogen) atoms. The molecule has 2 rings (SSSR count). The van der Waals surface area contributed by atoms with Crippen molar-refractivity contribution in [3.05, 3.63) is 80.7 Å². The lowest BCUT2D eigenvalue weighted by Gasteiger charge is -2.05. The average Bonchev–Trinajstić information content (AvgIpc) is 2.54. The summed E-state index contributed by atoms with van der Waals surface area (Å²) in [7, 11) is 0. The van der Waals surface area contributed by atoms with E-state index < -0.39 is 16.1 Å². The van der Waals surface area contributed by atoms with Gasteiger partial charge in [-0.2, -0.15) is 5.26 Å². The molecular formula is C16H12N2O3S. The number of nitro groups is 1. The van der Waals surface area contributed by atoms with Gasteiger partial charge in [-0.1, -0.05) is 12.1 Å². The Morgan fingerprint density at radius 2 is 1.77 bits per heavy atom. The zero-order valence-corrected chi connectivity index (χ0v) is 12.3. The second-order valence-electron chi connectivity index (χ2n) is 4.49. The molecular weight excluding hydrogens is 300 g/mol. The number of hydrogen-bond acceptors (Lipinski definition) is 4. The molecule has 0 aliphatic carbocycles. The third-order valence-corrected chi connectivity index (χ3v) is 3.97. The van der Waals surface area contributed by atoms with Crippen molar-refractivity contribution in [2.45, 2.75) is 5.75 Å². The molecule has 0 aromatic heterocycles. The summed E-state index contributed by atoms with van der Waals surface area (Å²) in [5.74, 6) is 0.356. The van der Waals surface area contributed by atoms with Crippen LogP contribution in [0, 0.1) is 21.4 Å². The van der Waals surface area contributed by atoms with Gasteiger partial charge in [0.05, 0.1) is 16.6 Å². The van der Waals surface area contributed by atoms with Crippen LogP contribution in [0.15, 0.2) is 53.9 Å². The molecule has 0 spiro atoms. The molecule has 0 saturated carbocycles. The first kappa shape index (κ1) is 15.8. The van der Waals surface area contributed by atoms with E-state index in [0.717, 1.165) is 11.1 Å². The van der Waals surface area contributed by atoms with E-state index in [4.69, 9.17) is 5.26 Å². The topological polar surface area (TPSA) is 90.0 Å². The molecule has 110 valence electrons. The molecule has 6 heteroatoms. The molecule has 0 aliphatic rings. The summed E-state index contributed by atoms with van der Waals surface area (Å²) in [6.45, 7) is 0. The number of hydrogen-bond donors (Lipinski definition) is 0. The van der Waals surface area contributed by atoms with Crippen molar-refractivity contribution in [3.63, 3.8) is 0 Å². The fourth-order valence-electron chi connectivity index (χ4n) is 1.75. The number of rotatable bonds is 5. The van der Waals surface area contributed by atoms with Gasteiger partial charge in [-0.15, -0.1) is 0 Å². The van der Waals surface area contributed by atoms with Crippen LogP contribution in [-0.4, -0.2) is 9.48 Å². The highest BCUT2D eigenvalue weighted by Gasteiger charge is 2.05. The second kappa shape index (κ2) is 7.41. The minimum atomic E-state index is -1.19. The lowest BCUT2D eigenvalue weighted by Crippen LogP contribution is -2.00. The largest absolute Gasteiger partial charge is 0.612 e. The number of nitriles is 1. The normalized spacial score (nSPS) is 12.0. The third-order valence-electron chi connectivity index (χ3n) is 2.91. The summed E-state index contributed by atoms with van der Waals surface area (Å²) in [6.07, 6.45) is 1.67. The Hall–Kier alpha value is -2.62. The van der Waals surface area contributed by atoms with Gasteiger partial charge in [-0.3, -0.25) is 10.1 Å². The van der Waals surface area contributed by atoms with Crippen LogP contribution in [0.5, 0.6) is 0 Å². The fourth-order valence-corrected chi connectivity index (χ4v) is 2.68. The van der Waals surface area contributed by atoms with Gasteiger partial charge in [0.25, 0.3) is 5.69 Å². The monoisotopic (exact) mass is 312 g/mol. The molecule has 0 saturated heterocycles. The van der Waals surface area contributed by atoms with Crippen LogP contribution >= 0.6 is 0 Å². The molecule has 0 aliphatic heterocycles. The Morgan fingerprint density at radius 3 is 2.32 bits per heavy atom. The van der Waals surface area contributed by atoms with Gasteiger partial charge in [0, 0.05) is 17.7 Å². The second-order valence-corrected chi connectivity index (χ2v) is 5.81. The maximum Gasteiger partial charge on any atom is 0.269 e. The fraction of sp³-hybridized carbons (Fsp3) is 0.0625. The Bertz CT molecular complexity index is 719. The number of nitrogens with zero attached hydrogens (tertiary/aromatic N) is 2. The Kier molecular flexibility index (Phi) is 5.31. The highest BCUT2D eigenvalue weighted by atomic mass is 32.2. The van der Waals surface area contributed by atoms with E-state index in [1.165, 1.54) is 12.1 Å². The maximum absolute atomic E-state index is 12.0. The van der Waals surface area contributed by atoms with Crippen molar-refractivity contribution in [1.29, 1.82) is 5.26 Å². The third kappa shape index (κ3) is 4.45. The van der Waals surface area contributed by atoms with Crippen LogP contribution in [0.25, 0.3) is 6.08 Å². The Balaban J connectivity index is 1.96. The summed E-state index contributed by atoms with van der Waals surface area (Å²) in [6, 6.07) is 15.0. The van der Waals surface area contributed by atoms with E-state index >= 15 is 0 Å². The zero-order chi connectivity index (χ0) is 15.9. The lowest BCUT2D eigenvalue weighted by atomic mass is 10.2. The first-order chi connectivity index (χ1) is 10.6.